The van der Waals surface area contributed by atoms with Crippen molar-refractivity contribution in [2.24, 2.45) is 0 Å². The summed E-state index contributed by atoms with van der Waals surface area (Å²) < 4.78 is 38.2. The van der Waals surface area contributed by atoms with Crippen LogP contribution in [0, 0.1) is 0 Å². The lowest BCUT2D eigenvalue weighted by Crippen LogP contribution is -2.59. The molecule has 1 heterocycles. The number of nitrogens with one attached hydrogen (secondary N) is 1. The highest BCUT2D eigenvalue weighted by Crippen LogP contribution is 2.31. The Bertz CT molecular complexity index is 421. The van der Waals surface area contributed by atoms with Crippen LogP contribution in [0.3, 0.4) is 0 Å². The first kappa shape index (κ1) is 14.3. The summed E-state index contributed by atoms with van der Waals surface area (Å²) in [5.74, 6) is -1.97. The Kier molecular flexibility index (Phi) is 4.06. The number of carboxylic acids is 1. The molecule has 0 radical (unpaired) electrons. The minimum Gasteiger partial charge on any atom is -0.480 e. The van der Waals surface area contributed by atoms with Gasteiger partial charge in [0.2, 0.25) is 5.54 Å². The highest BCUT2D eigenvalue weighted by molar-refractivity contribution is 7.16. The van der Waals surface area contributed by atoms with Crippen molar-refractivity contribution >= 4 is 28.9 Å². The number of thiophene rings is 1. The van der Waals surface area contributed by atoms with E-state index in [4.69, 9.17) is 16.7 Å². The van der Waals surface area contributed by atoms with E-state index in [1.165, 1.54) is 6.07 Å². The summed E-state index contributed by atoms with van der Waals surface area (Å²) in [6.45, 7) is 0.379. The summed E-state index contributed by atoms with van der Waals surface area (Å²) in [5.41, 5.74) is -2.97. The van der Waals surface area contributed by atoms with E-state index in [-0.39, 0.29) is 6.54 Å². The maximum absolute atomic E-state index is 12.6. The van der Waals surface area contributed by atoms with E-state index >= 15 is 0 Å². The molecule has 0 fully saturated rings. The number of carboxylic acid groups (broad SMARTS) is 1. The van der Waals surface area contributed by atoms with Gasteiger partial charge in [0.05, 0.1) is 4.34 Å². The number of halogens is 4. The lowest BCUT2D eigenvalue weighted by atomic mass is 10.0. The van der Waals surface area contributed by atoms with Crippen molar-refractivity contribution in [1.82, 2.24) is 5.32 Å². The number of alkyl halides is 3. The number of hydrogen-bond acceptors (Lipinski definition) is 3. The van der Waals surface area contributed by atoms with Crippen molar-refractivity contribution in [1.29, 1.82) is 0 Å². The number of carbonyl (C=O) groups is 1. The van der Waals surface area contributed by atoms with Crippen LogP contribution in [0.2, 0.25) is 4.34 Å². The van der Waals surface area contributed by atoms with Gasteiger partial charge in [0.15, 0.2) is 0 Å². The van der Waals surface area contributed by atoms with Crippen molar-refractivity contribution in [2.75, 3.05) is 0 Å². The van der Waals surface area contributed by atoms with Crippen molar-refractivity contribution in [3.8, 4) is 0 Å². The van der Waals surface area contributed by atoms with Crippen molar-refractivity contribution in [2.45, 2.75) is 25.2 Å². The molecule has 17 heavy (non-hydrogen) atoms. The van der Waals surface area contributed by atoms with Crippen LogP contribution in [-0.2, 0) is 11.3 Å². The molecule has 0 aliphatic heterocycles. The third kappa shape index (κ3) is 3.11. The first-order valence-corrected chi connectivity index (χ1v) is 5.65. The molecule has 0 spiro atoms. The molecule has 3 nitrogen and oxygen atoms in total. The molecule has 0 saturated carbocycles. The molecule has 0 bridgehead atoms. The van der Waals surface area contributed by atoms with Gasteiger partial charge in [-0.3, -0.25) is 5.32 Å². The van der Waals surface area contributed by atoms with E-state index in [1.807, 2.05) is 5.32 Å². The average molecular weight is 288 g/mol. The van der Waals surface area contributed by atoms with E-state index in [1.54, 1.807) is 6.07 Å². The van der Waals surface area contributed by atoms with Crippen LogP contribution in [0.4, 0.5) is 13.2 Å². The standard InChI is InChI=1S/C9H9ClF3NO2S/c1-8(7(15)16,9(11,12)13)14-4-5-2-3-6(10)17-5/h2-3,14H,4H2,1H3,(H,15,16). The second-order valence-electron chi connectivity index (χ2n) is 3.49. The summed E-state index contributed by atoms with van der Waals surface area (Å²) in [5, 5.41) is 10.6. The van der Waals surface area contributed by atoms with E-state index < -0.39 is 17.7 Å². The second kappa shape index (κ2) is 4.83. The normalized spacial score (nSPS) is 15.6. The van der Waals surface area contributed by atoms with Gasteiger partial charge < -0.3 is 5.11 Å². The summed E-state index contributed by atoms with van der Waals surface area (Å²) in [6, 6.07) is 3.08. The first-order valence-electron chi connectivity index (χ1n) is 4.46. The fourth-order valence-corrected chi connectivity index (χ4v) is 2.03. The highest BCUT2D eigenvalue weighted by Gasteiger charge is 2.57. The second-order valence-corrected chi connectivity index (χ2v) is 5.29. The first-order chi connectivity index (χ1) is 7.67. The third-order valence-corrected chi connectivity index (χ3v) is 3.47. The maximum atomic E-state index is 12.6. The minimum atomic E-state index is -4.88. The monoisotopic (exact) mass is 287 g/mol. The number of aliphatic carboxylic acids is 1. The van der Waals surface area contributed by atoms with E-state index in [0.717, 1.165) is 11.3 Å². The van der Waals surface area contributed by atoms with E-state index in [0.29, 0.717) is 16.1 Å². The zero-order valence-corrected chi connectivity index (χ0v) is 10.2. The Balaban J connectivity index is 2.79. The molecule has 0 aliphatic rings. The third-order valence-electron chi connectivity index (χ3n) is 2.24. The maximum Gasteiger partial charge on any atom is 0.417 e. The smallest absolute Gasteiger partial charge is 0.417 e. The van der Waals surface area contributed by atoms with Crippen LogP contribution >= 0.6 is 22.9 Å². The molecule has 0 saturated heterocycles. The van der Waals surface area contributed by atoms with E-state index in [9.17, 15) is 18.0 Å². The van der Waals surface area contributed by atoms with Crippen LogP contribution in [-0.4, -0.2) is 22.8 Å². The molecular weight excluding hydrogens is 279 g/mol. The SMILES string of the molecule is CC(NCc1ccc(Cl)s1)(C(=O)O)C(F)(F)F. The Morgan fingerprint density at radius 3 is 2.47 bits per heavy atom. The molecule has 1 aromatic rings. The molecule has 0 amide bonds. The Labute approximate surface area is 104 Å². The van der Waals surface area contributed by atoms with Gasteiger partial charge in [0.25, 0.3) is 0 Å². The van der Waals surface area contributed by atoms with Gasteiger partial charge in [-0.2, -0.15) is 13.2 Å². The van der Waals surface area contributed by atoms with Crippen molar-refractivity contribution in [3.63, 3.8) is 0 Å². The Hall–Kier alpha value is -0.790. The van der Waals surface area contributed by atoms with Gasteiger partial charge in [-0.1, -0.05) is 11.6 Å². The summed E-state index contributed by atoms with van der Waals surface area (Å²) in [4.78, 5) is 11.2. The molecule has 1 unspecified atom stereocenters. The Morgan fingerprint density at radius 1 is 1.53 bits per heavy atom. The molecule has 8 heteroatoms. The van der Waals surface area contributed by atoms with Gasteiger partial charge in [-0.15, -0.1) is 11.3 Å². The van der Waals surface area contributed by atoms with Gasteiger partial charge >= 0.3 is 12.1 Å². The topological polar surface area (TPSA) is 49.3 Å². The lowest BCUT2D eigenvalue weighted by Gasteiger charge is -2.28. The van der Waals surface area contributed by atoms with Gasteiger partial charge in [0, 0.05) is 11.4 Å². The predicted octanol–water partition coefficient (Wildman–Crippen LogP) is 2.90. The van der Waals surface area contributed by atoms with Crippen LogP contribution in [0.5, 0.6) is 0 Å². The largest absolute Gasteiger partial charge is 0.480 e. The Morgan fingerprint density at radius 2 is 2.12 bits per heavy atom. The molecular formula is C9H9ClF3NO2S. The van der Waals surface area contributed by atoms with Crippen LogP contribution < -0.4 is 5.32 Å². The molecule has 2 N–H and O–H groups in total. The van der Waals surface area contributed by atoms with Gasteiger partial charge in [-0.25, -0.2) is 4.79 Å². The lowest BCUT2D eigenvalue weighted by molar-refractivity contribution is -0.206. The summed E-state index contributed by atoms with van der Waals surface area (Å²) in [6.07, 6.45) is -4.88. The summed E-state index contributed by atoms with van der Waals surface area (Å²) >= 11 is 6.71. The quantitative estimate of drug-likeness (QED) is 0.895. The average Bonchev–Trinajstić information content (AvgIpc) is 2.58. The zero-order valence-electron chi connectivity index (χ0n) is 8.64. The molecule has 1 rings (SSSR count). The summed E-state index contributed by atoms with van der Waals surface area (Å²) in [7, 11) is 0. The molecule has 96 valence electrons. The van der Waals surface area contributed by atoms with Gasteiger partial charge in [0.1, 0.15) is 0 Å². The van der Waals surface area contributed by atoms with Crippen LogP contribution in [0.1, 0.15) is 11.8 Å². The van der Waals surface area contributed by atoms with Crippen LogP contribution in [0.25, 0.3) is 0 Å². The van der Waals surface area contributed by atoms with E-state index in [2.05, 4.69) is 0 Å². The molecule has 1 atom stereocenters. The van der Waals surface area contributed by atoms with Crippen molar-refractivity contribution < 1.29 is 23.1 Å². The highest BCUT2D eigenvalue weighted by atomic mass is 35.5. The van der Waals surface area contributed by atoms with Crippen molar-refractivity contribution in [3.05, 3.63) is 21.3 Å². The number of rotatable bonds is 4. The fraction of sp³-hybridized carbons (Fsp3) is 0.444. The molecule has 0 aliphatic carbocycles. The molecule has 1 aromatic heterocycles. The van der Waals surface area contributed by atoms with Crippen LogP contribution in [0.15, 0.2) is 12.1 Å². The van der Waals surface area contributed by atoms with Gasteiger partial charge in [-0.05, 0) is 19.1 Å². The fourth-order valence-electron chi connectivity index (χ4n) is 1.01. The predicted molar refractivity (Wildman–Crippen MR) is 58.3 cm³/mol. The zero-order chi connectivity index (χ0) is 13.3. The molecule has 0 aromatic carbocycles. The number of hydrogen-bond donors (Lipinski definition) is 2. The minimum absolute atomic E-state index is 0.209.